The molecule has 3 rings (SSSR count). The Labute approximate surface area is 167 Å². The number of amides is 2. The van der Waals surface area contributed by atoms with Crippen LogP contribution in [0.4, 0.5) is 4.79 Å². The Kier molecular flexibility index (Phi) is 5.69. The van der Waals surface area contributed by atoms with Crippen LogP contribution in [0.1, 0.15) is 30.8 Å². The Balaban J connectivity index is 1.92. The smallest absolute Gasteiger partial charge is 0.329 e. The van der Waals surface area contributed by atoms with E-state index in [4.69, 9.17) is 4.74 Å². The third-order valence-electron chi connectivity index (χ3n) is 4.47. The van der Waals surface area contributed by atoms with Gasteiger partial charge in [0.25, 0.3) is 11.1 Å². The first-order valence-electron chi connectivity index (χ1n) is 8.89. The van der Waals surface area contributed by atoms with E-state index in [1.807, 2.05) is 42.7 Å². The summed E-state index contributed by atoms with van der Waals surface area (Å²) < 4.78 is 6.91. The fourth-order valence-electron chi connectivity index (χ4n) is 3.10. The standard InChI is InChI=1S/C20H21N3O4S/c1-5-27-19(25)14(4)23-18(24)16(28-20(23)26)11-15-10-12(2)22(13(15)3)17-8-6-7-9-21-17/h6-11,14H,5H2,1-4H3. The largest absolute Gasteiger partial charge is 0.464 e. The first-order chi connectivity index (χ1) is 13.3. The summed E-state index contributed by atoms with van der Waals surface area (Å²) in [5.41, 5.74) is 2.68. The molecule has 0 N–H and O–H groups in total. The molecule has 0 bridgehead atoms. The fourth-order valence-corrected chi connectivity index (χ4v) is 3.99. The van der Waals surface area contributed by atoms with Crippen molar-refractivity contribution < 1.29 is 19.1 Å². The molecule has 1 fully saturated rings. The summed E-state index contributed by atoms with van der Waals surface area (Å²) in [5, 5.41) is -0.477. The van der Waals surface area contributed by atoms with E-state index in [1.165, 1.54) is 6.92 Å². The Morgan fingerprint density at radius 3 is 2.71 bits per heavy atom. The number of rotatable bonds is 5. The minimum Gasteiger partial charge on any atom is -0.464 e. The maximum atomic E-state index is 12.7. The zero-order chi connectivity index (χ0) is 20.4. The first kappa shape index (κ1) is 19.9. The average Bonchev–Trinajstić information content (AvgIpc) is 3.10. The van der Waals surface area contributed by atoms with Gasteiger partial charge in [-0.15, -0.1) is 0 Å². The predicted octanol–water partition coefficient (Wildman–Crippen LogP) is 3.48. The Morgan fingerprint density at radius 1 is 1.32 bits per heavy atom. The summed E-state index contributed by atoms with van der Waals surface area (Å²) in [7, 11) is 0. The average molecular weight is 399 g/mol. The third-order valence-corrected chi connectivity index (χ3v) is 5.36. The van der Waals surface area contributed by atoms with Crippen molar-refractivity contribution in [1.82, 2.24) is 14.5 Å². The van der Waals surface area contributed by atoms with Crippen LogP contribution in [0, 0.1) is 13.8 Å². The van der Waals surface area contributed by atoms with E-state index in [0.29, 0.717) is 0 Å². The number of pyridine rings is 1. The van der Waals surface area contributed by atoms with Crippen molar-refractivity contribution in [2.24, 2.45) is 0 Å². The number of aryl methyl sites for hydroxylation is 1. The zero-order valence-corrected chi connectivity index (χ0v) is 16.9. The third kappa shape index (κ3) is 3.60. The minimum absolute atomic E-state index is 0.189. The number of hydrogen-bond acceptors (Lipinski definition) is 6. The Hall–Kier alpha value is -2.87. The number of carbonyl (C=O) groups is 3. The molecule has 3 heterocycles. The van der Waals surface area contributed by atoms with Gasteiger partial charge in [0.15, 0.2) is 0 Å². The second-order valence-corrected chi connectivity index (χ2v) is 7.32. The molecule has 1 atom stereocenters. The number of carbonyl (C=O) groups excluding carboxylic acids is 3. The molecule has 0 aromatic carbocycles. The summed E-state index contributed by atoms with van der Waals surface area (Å²) in [4.78, 5) is 42.6. The van der Waals surface area contributed by atoms with Crippen LogP contribution < -0.4 is 0 Å². The van der Waals surface area contributed by atoms with Gasteiger partial charge in [-0.1, -0.05) is 6.07 Å². The molecule has 2 amide bonds. The molecule has 1 aliphatic rings. The van der Waals surface area contributed by atoms with Crippen LogP contribution in [0.25, 0.3) is 11.9 Å². The molecular weight excluding hydrogens is 378 g/mol. The lowest BCUT2D eigenvalue weighted by Crippen LogP contribution is -2.42. The van der Waals surface area contributed by atoms with E-state index in [2.05, 4.69) is 4.98 Å². The molecule has 7 nitrogen and oxygen atoms in total. The molecule has 8 heteroatoms. The van der Waals surface area contributed by atoms with Crippen molar-refractivity contribution in [3.8, 4) is 5.82 Å². The van der Waals surface area contributed by atoms with E-state index >= 15 is 0 Å². The van der Waals surface area contributed by atoms with E-state index in [-0.39, 0.29) is 11.5 Å². The van der Waals surface area contributed by atoms with Crippen LogP contribution in [-0.4, -0.2) is 44.2 Å². The summed E-state index contributed by atoms with van der Waals surface area (Å²) >= 11 is 0.826. The van der Waals surface area contributed by atoms with Crippen molar-refractivity contribution in [3.05, 3.63) is 52.3 Å². The fraction of sp³-hybridized carbons (Fsp3) is 0.300. The van der Waals surface area contributed by atoms with Crippen molar-refractivity contribution in [3.63, 3.8) is 0 Å². The highest BCUT2D eigenvalue weighted by Crippen LogP contribution is 2.35. The number of nitrogens with zero attached hydrogens (tertiary/aromatic N) is 3. The van der Waals surface area contributed by atoms with Gasteiger partial charge >= 0.3 is 5.97 Å². The van der Waals surface area contributed by atoms with Gasteiger partial charge in [-0.05, 0) is 69.3 Å². The zero-order valence-electron chi connectivity index (χ0n) is 16.1. The van der Waals surface area contributed by atoms with Gasteiger partial charge in [-0.2, -0.15) is 0 Å². The predicted molar refractivity (Wildman–Crippen MR) is 107 cm³/mol. The molecule has 0 saturated carbocycles. The van der Waals surface area contributed by atoms with E-state index < -0.39 is 23.2 Å². The second-order valence-electron chi connectivity index (χ2n) is 6.33. The highest BCUT2D eigenvalue weighted by Gasteiger charge is 2.41. The highest BCUT2D eigenvalue weighted by atomic mass is 32.2. The molecule has 1 unspecified atom stereocenters. The molecule has 2 aromatic heterocycles. The summed E-state index contributed by atoms with van der Waals surface area (Å²) in [6.07, 6.45) is 3.40. The highest BCUT2D eigenvalue weighted by molar-refractivity contribution is 8.18. The van der Waals surface area contributed by atoms with Crippen LogP contribution in [0.5, 0.6) is 0 Å². The van der Waals surface area contributed by atoms with Gasteiger partial charge in [-0.3, -0.25) is 14.5 Å². The lowest BCUT2D eigenvalue weighted by atomic mass is 10.2. The summed E-state index contributed by atoms with van der Waals surface area (Å²) in [5.74, 6) is -0.307. The molecule has 146 valence electrons. The first-order valence-corrected chi connectivity index (χ1v) is 9.70. The van der Waals surface area contributed by atoms with Crippen LogP contribution >= 0.6 is 11.8 Å². The summed E-state index contributed by atoms with van der Waals surface area (Å²) in [6, 6.07) is 6.63. The van der Waals surface area contributed by atoms with Gasteiger partial charge in [0.05, 0.1) is 11.5 Å². The maximum Gasteiger partial charge on any atom is 0.329 e. The van der Waals surface area contributed by atoms with Gasteiger partial charge in [0.2, 0.25) is 0 Å². The number of imide groups is 1. The normalized spacial score (nSPS) is 16.7. The van der Waals surface area contributed by atoms with Crippen LogP contribution in [-0.2, 0) is 14.3 Å². The minimum atomic E-state index is -0.959. The molecule has 1 aliphatic heterocycles. The number of hydrogen-bond donors (Lipinski definition) is 0. The molecular formula is C20H21N3O4S. The molecule has 2 aromatic rings. The van der Waals surface area contributed by atoms with Crippen molar-refractivity contribution in [2.75, 3.05) is 6.61 Å². The van der Waals surface area contributed by atoms with Gasteiger partial charge < -0.3 is 9.30 Å². The van der Waals surface area contributed by atoms with Gasteiger partial charge in [0.1, 0.15) is 11.9 Å². The number of thioether (sulfide) groups is 1. The molecule has 0 aliphatic carbocycles. The molecule has 28 heavy (non-hydrogen) atoms. The number of ether oxygens (including phenoxy) is 1. The van der Waals surface area contributed by atoms with Crippen LogP contribution in [0.3, 0.4) is 0 Å². The van der Waals surface area contributed by atoms with Crippen molar-refractivity contribution in [2.45, 2.75) is 33.7 Å². The second kappa shape index (κ2) is 8.02. The number of esters is 1. The van der Waals surface area contributed by atoms with Crippen molar-refractivity contribution >= 4 is 35.0 Å². The van der Waals surface area contributed by atoms with Gasteiger partial charge in [-0.25, -0.2) is 9.78 Å². The van der Waals surface area contributed by atoms with Crippen molar-refractivity contribution in [1.29, 1.82) is 0 Å². The molecule has 0 radical (unpaired) electrons. The van der Waals surface area contributed by atoms with Crippen LogP contribution in [0.2, 0.25) is 0 Å². The maximum absolute atomic E-state index is 12.7. The van der Waals surface area contributed by atoms with E-state index in [9.17, 15) is 14.4 Å². The van der Waals surface area contributed by atoms with E-state index in [1.54, 1.807) is 19.2 Å². The Morgan fingerprint density at radius 2 is 2.07 bits per heavy atom. The number of aromatic nitrogens is 2. The molecule has 1 saturated heterocycles. The quantitative estimate of drug-likeness (QED) is 0.566. The van der Waals surface area contributed by atoms with E-state index in [0.717, 1.165) is 39.4 Å². The lowest BCUT2D eigenvalue weighted by molar-refractivity contribution is -0.150. The topological polar surface area (TPSA) is 81.5 Å². The SMILES string of the molecule is CCOC(=O)C(C)N1C(=O)SC(=Cc2cc(C)n(-c3ccccn3)c2C)C1=O. The van der Waals surface area contributed by atoms with Gasteiger partial charge in [0, 0.05) is 17.6 Å². The monoisotopic (exact) mass is 399 g/mol. The Bertz CT molecular complexity index is 965. The molecule has 0 spiro atoms. The lowest BCUT2D eigenvalue weighted by Gasteiger charge is -2.19. The van der Waals surface area contributed by atoms with Crippen LogP contribution in [0.15, 0.2) is 35.4 Å². The summed E-state index contributed by atoms with van der Waals surface area (Å²) in [6.45, 7) is 7.24.